The Morgan fingerprint density at radius 3 is 2.68 bits per heavy atom. The second kappa shape index (κ2) is 6.59. The molecule has 0 fully saturated rings. The number of carbonyl (C=O) groups is 1. The van der Waals surface area contributed by atoms with Gasteiger partial charge in [0.05, 0.1) is 6.61 Å². The number of aliphatic imine (C=N–C) groups is 1. The van der Waals surface area contributed by atoms with Gasteiger partial charge < -0.3 is 20.1 Å². The number of hydrogen-bond donors (Lipinski definition) is 3. The Morgan fingerprint density at radius 1 is 1.36 bits per heavy atom. The molecule has 0 spiro atoms. The standard InChI is InChI=1S/C15H18N2O5/c1-11-8-16-15(21,7-13(18)19)17(14(11)20)10-22-9-12-5-3-2-4-6-12/h2-6,8,20-21H,7,9-10H2,1H3,(H,18,19). The monoisotopic (exact) mass is 306 g/mol. The van der Waals surface area contributed by atoms with Crippen LogP contribution >= 0.6 is 0 Å². The Balaban J connectivity index is 2.07. The summed E-state index contributed by atoms with van der Waals surface area (Å²) in [5.74, 6) is -3.56. The molecule has 1 aliphatic heterocycles. The van der Waals surface area contributed by atoms with E-state index in [-0.39, 0.29) is 19.2 Å². The second-order valence-electron chi connectivity index (χ2n) is 5.00. The number of aliphatic carboxylic acids is 1. The molecule has 0 saturated heterocycles. The predicted octanol–water partition coefficient (Wildman–Crippen LogP) is 1.46. The first-order valence-corrected chi connectivity index (χ1v) is 6.71. The average Bonchev–Trinajstić information content (AvgIpc) is 2.47. The van der Waals surface area contributed by atoms with Gasteiger partial charge in [-0.3, -0.25) is 9.69 Å². The number of aliphatic hydroxyl groups is 2. The third-order valence-corrected chi connectivity index (χ3v) is 3.23. The lowest BCUT2D eigenvalue weighted by Crippen LogP contribution is -2.51. The molecule has 0 aliphatic carbocycles. The normalized spacial score (nSPS) is 21.3. The number of benzene rings is 1. The zero-order valence-corrected chi connectivity index (χ0v) is 12.1. The quantitative estimate of drug-likeness (QED) is 0.735. The molecule has 1 aromatic rings. The first kappa shape index (κ1) is 16.0. The molecular formula is C15H18N2O5. The van der Waals surface area contributed by atoms with E-state index >= 15 is 0 Å². The maximum Gasteiger partial charge on any atom is 0.310 e. The molecule has 0 amide bonds. The van der Waals surface area contributed by atoms with E-state index in [1.54, 1.807) is 6.92 Å². The Kier molecular flexibility index (Phi) is 4.79. The molecule has 1 unspecified atom stereocenters. The molecule has 7 heteroatoms. The van der Waals surface area contributed by atoms with Crippen LogP contribution in [0.1, 0.15) is 18.9 Å². The van der Waals surface area contributed by atoms with Gasteiger partial charge in [0.15, 0.2) is 5.88 Å². The topological polar surface area (TPSA) is 103 Å². The number of ether oxygens (including phenoxy) is 1. The summed E-state index contributed by atoms with van der Waals surface area (Å²) in [7, 11) is 0. The maximum absolute atomic E-state index is 10.9. The van der Waals surface area contributed by atoms with Gasteiger partial charge in [0, 0.05) is 11.8 Å². The van der Waals surface area contributed by atoms with Crippen LogP contribution in [0.25, 0.3) is 0 Å². The first-order valence-electron chi connectivity index (χ1n) is 6.71. The van der Waals surface area contributed by atoms with Crippen molar-refractivity contribution >= 4 is 12.2 Å². The smallest absolute Gasteiger partial charge is 0.310 e. The molecule has 2 rings (SSSR count). The molecule has 22 heavy (non-hydrogen) atoms. The van der Waals surface area contributed by atoms with Gasteiger partial charge in [0.2, 0.25) is 0 Å². The molecular weight excluding hydrogens is 288 g/mol. The number of carboxylic acids is 1. The third-order valence-electron chi connectivity index (χ3n) is 3.23. The first-order chi connectivity index (χ1) is 10.4. The molecule has 0 aromatic heterocycles. The van der Waals surface area contributed by atoms with Gasteiger partial charge in [-0.05, 0) is 12.5 Å². The molecule has 1 aromatic carbocycles. The summed E-state index contributed by atoms with van der Waals surface area (Å²) in [6, 6.07) is 9.36. The molecule has 1 heterocycles. The van der Waals surface area contributed by atoms with Crippen LogP contribution in [0.2, 0.25) is 0 Å². The summed E-state index contributed by atoms with van der Waals surface area (Å²) in [6.45, 7) is 1.67. The van der Waals surface area contributed by atoms with Crippen molar-refractivity contribution in [1.82, 2.24) is 4.90 Å². The summed E-state index contributed by atoms with van der Waals surface area (Å²) in [4.78, 5) is 15.7. The van der Waals surface area contributed by atoms with Crippen molar-refractivity contribution in [1.29, 1.82) is 0 Å². The third kappa shape index (κ3) is 3.63. The van der Waals surface area contributed by atoms with Gasteiger partial charge >= 0.3 is 5.97 Å². The number of rotatable bonds is 6. The van der Waals surface area contributed by atoms with E-state index in [4.69, 9.17) is 9.84 Å². The highest BCUT2D eigenvalue weighted by molar-refractivity contribution is 5.80. The van der Waals surface area contributed by atoms with Crippen LogP contribution in [0.5, 0.6) is 0 Å². The minimum atomic E-state index is -2.06. The number of allylic oxidation sites excluding steroid dienone is 1. The number of nitrogens with zero attached hydrogens (tertiary/aromatic N) is 2. The number of aliphatic hydroxyl groups excluding tert-OH is 1. The largest absolute Gasteiger partial charge is 0.494 e. The predicted molar refractivity (Wildman–Crippen MR) is 79.0 cm³/mol. The Hall–Kier alpha value is -2.38. The van der Waals surface area contributed by atoms with E-state index < -0.39 is 18.2 Å². The molecule has 3 N–H and O–H groups in total. The molecule has 1 aliphatic rings. The molecule has 0 bridgehead atoms. The SMILES string of the molecule is CC1=C(O)N(COCc2ccccc2)C(O)(CC(=O)O)N=C1. The number of carboxylic acid groups (broad SMARTS) is 1. The van der Waals surface area contributed by atoms with Crippen molar-refractivity contribution in [2.75, 3.05) is 6.73 Å². The molecule has 7 nitrogen and oxygen atoms in total. The summed E-state index contributed by atoms with van der Waals surface area (Å²) < 4.78 is 5.46. The second-order valence-corrected chi connectivity index (χ2v) is 5.00. The fraction of sp³-hybridized carbons (Fsp3) is 0.333. The molecule has 118 valence electrons. The number of hydrogen-bond acceptors (Lipinski definition) is 6. The van der Waals surface area contributed by atoms with E-state index in [0.717, 1.165) is 10.5 Å². The van der Waals surface area contributed by atoms with E-state index in [1.165, 1.54) is 6.21 Å². The van der Waals surface area contributed by atoms with Gasteiger partial charge in [-0.15, -0.1) is 0 Å². The van der Waals surface area contributed by atoms with Crippen molar-refractivity contribution in [3.8, 4) is 0 Å². The summed E-state index contributed by atoms with van der Waals surface area (Å²) >= 11 is 0. The van der Waals surface area contributed by atoms with Crippen LogP contribution in [-0.2, 0) is 16.1 Å². The van der Waals surface area contributed by atoms with E-state index in [2.05, 4.69) is 4.99 Å². The van der Waals surface area contributed by atoms with Crippen molar-refractivity contribution in [2.24, 2.45) is 4.99 Å². The summed E-state index contributed by atoms with van der Waals surface area (Å²) in [5.41, 5.74) is 1.34. The van der Waals surface area contributed by atoms with Crippen LogP contribution in [0.4, 0.5) is 0 Å². The fourth-order valence-corrected chi connectivity index (χ4v) is 2.05. The summed E-state index contributed by atoms with van der Waals surface area (Å²) in [6.07, 6.45) is 0.571. The highest BCUT2D eigenvalue weighted by Crippen LogP contribution is 2.27. The van der Waals surface area contributed by atoms with Crippen LogP contribution in [0.15, 0.2) is 46.8 Å². The fourth-order valence-electron chi connectivity index (χ4n) is 2.05. The van der Waals surface area contributed by atoms with Crippen LogP contribution < -0.4 is 0 Å². The van der Waals surface area contributed by atoms with Crippen molar-refractivity contribution in [3.63, 3.8) is 0 Å². The maximum atomic E-state index is 10.9. The Morgan fingerprint density at radius 2 is 2.05 bits per heavy atom. The van der Waals surface area contributed by atoms with Gasteiger partial charge in [-0.2, -0.15) is 0 Å². The van der Waals surface area contributed by atoms with Gasteiger partial charge in [0.1, 0.15) is 13.2 Å². The van der Waals surface area contributed by atoms with Gasteiger partial charge in [0.25, 0.3) is 5.85 Å². The van der Waals surface area contributed by atoms with Crippen LogP contribution in [-0.4, -0.2) is 45.0 Å². The summed E-state index contributed by atoms with van der Waals surface area (Å²) in [5, 5.41) is 29.3. The molecule has 0 radical (unpaired) electrons. The lowest BCUT2D eigenvalue weighted by Gasteiger charge is -2.38. The minimum Gasteiger partial charge on any atom is -0.494 e. The van der Waals surface area contributed by atoms with E-state index in [0.29, 0.717) is 5.57 Å². The Labute approximate surface area is 127 Å². The van der Waals surface area contributed by atoms with Crippen molar-refractivity contribution in [3.05, 3.63) is 47.4 Å². The minimum absolute atomic E-state index is 0.195. The van der Waals surface area contributed by atoms with Crippen molar-refractivity contribution in [2.45, 2.75) is 25.8 Å². The highest BCUT2D eigenvalue weighted by atomic mass is 16.5. The average molecular weight is 306 g/mol. The van der Waals surface area contributed by atoms with Gasteiger partial charge in [-0.25, -0.2) is 4.99 Å². The van der Waals surface area contributed by atoms with Crippen LogP contribution in [0, 0.1) is 0 Å². The van der Waals surface area contributed by atoms with Crippen molar-refractivity contribution < 1.29 is 24.9 Å². The highest BCUT2D eigenvalue weighted by Gasteiger charge is 2.40. The lowest BCUT2D eigenvalue weighted by molar-refractivity contribution is -0.171. The molecule has 1 atom stereocenters. The molecule has 0 saturated carbocycles. The lowest BCUT2D eigenvalue weighted by atomic mass is 10.2. The zero-order chi connectivity index (χ0) is 16.2. The van der Waals surface area contributed by atoms with E-state index in [1.807, 2.05) is 30.3 Å². The zero-order valence-electron chi connectivity index (χ0n) is 12.1. The van der Waals surface area contributed by atoms with E-state index in [9.17, 15) is 15.0 Å². The Bertz CT molecular complexity index is 599. The van der Waals surface area contributed by atoms with Gasteiger partial charge in [-0.1, -0.05) is 30.3 Å². The van der Waals surface area contributed by atoms with Crippen LogP contribution in [0.3, 0.4) is 0 Å².